The highest BCUT2D eigenvalue weighted by Crippen LogP contribution is 1.98. The van der Waals surface area contributed by atoms with Gasteiger partial charge in [-0.3, -0.25) is 4.79 Å². The molecular weight excluding hydrogens is 208 g/mol. The highest BCUT2D eigenvalue weighted by Gasteiger charge is 2.06. The number of furan rings is 1. The Labute approximate surface area is 95.2 Å². The zero-order valence-corrected chi connectivity index (χ0v) is 9.66. The van der Waals surface area contributed by atoms with Crippen LogP contribution in [0, 0.1) is 0 Å². The van der Waals surface area contributed by atoms with E-state index in [0.717, 1.165) is 0 Å². The van der Waals surface area contributed by atoms with Crippen LogP contribution in [-0.2, 0) is 4.74 Å². The average molecular weight is 226 g/mol. The lowest BCUT2D eigenvalue weighted by Gasteiger charge is -2.12. The Bertz CT molecular complexity index is 298. The molecule has 1 aromatic heterocycles. The molecule has 0 aliphatic heterocycles. The van der Waals surface area contributed by atoms with E-state index in [1.807, 2.05) is 6.92 Å². The summed E-state index contributed by atoms with van der Waals surface area (Å²) in [7, 11) is 1.66. The lowest BCUT2D eigenvalue weighted by atomic mass is 10.3. The van der Waals surface area contributed by atoms with Crippen molar-refractivity contribution in [3.8, 4) is 0 Å². The molecule has 1 rings (SSSR count). The SMILES string of the molecule is COCC(C)NCCNC(=O)c1ccco1. The maximum Gasteiger partial charge on any atom is 0.287 e. The minimum atomic E-state index is -0.189. The second-order valence-electron chi connectivity index (χ2n) is 3.54. The first-order valence-corrected chi connectivity index (χ1v) is 5.28. The first kappa shape index (κ1) is 12.7. The third kappa shape index (κ3) is 4.46. The Morgan fingerprint density at radius 3 is 3.00 bits per heavy atom. The van der Waals surface area contributed by atoms with Gasteiger partial charge in [-0.1, -0.05) is 0 Å². The maximum atomic E-state index is 11.4. The van der Waals surface area contributed by atoms with Crippen molar-refractivity contribution in [2.24, 2.45) is 0 Å². The molecule has 0 spiro atoms. The molecule has 0 saturated heterocycles. The van der Waals surface area contributed by atoms with Crippen molar-refractivity contribution in [1.82, 2.24) is 10.6 Å². The molecular formula is C11H18N2O3. The predicted molar refractivity (Wildman–Crippen MR) is 60.4 cm³/mol. The fourth-order valence-corrected chi connectivity index (χ4v) is 1.30. The normalized spacial score (nSPS) is 12.4. The number of amides is 1. The van der Waals surface area contributed by atoms with Crippen molar-refractivity contribution in [3.63, 3.8) is 0 Å². The third-order valence-corrected chi connectivity index (χ3v) is 2.06. The van der Waals surface area contributed by atoms with Crippen LogP contribution in [-0.4, -0.2) is 38.8 Å². The van der Waals surface area contributed by atoms with Crippen LogP contribution in [0.15, 0.2) is 22.8 Å². The zero-order valence-electron chi connectivity index (χ0n) is 9.66. The van der Waals surface area contributed by atoms with Gasteiger partial charge in [0.05, 0.1) is 12.9 Å². The van der Waals surface area contributed by atoms with Crippen LogP contribution < -0.4 is 10.6 Å². The number of hydrogen-bond acceptors (Lipinski definition) is 4. The second-order valence-corrected chi connectivity index (χ2v) is 3.54. The van der Waals surface area contributed by atoms with Crippen LogP contribution in [0.5, 0.6) is 0 Å². The Kier molecular flexibility index (Phi) is 5.60. The van der Waals surface area contributed by atoms with E-state index >= 15 is 0 Å². The number of methoxy groups -OCH3 is 1. The van der Waals surface area contributed by atoms with E-state index in [0.29, 0.717) is 25.5 Å². The van der Waals surface area contributed by atoms with Gasteiger partial charge in [-0.15, -0.1) is 0 Å². The van der Waals surface area contributed by atoms with Crippen LogP contribution in [0.1, 0.15) is 17.5 Å². The van der Waals surface area contributed by atoms with Crippen LogP contribution in [0.3, 0.4) is 0 Å². The lowest BCUT2D eigenvalue weighted by molar-refractivity contribution is 0.0925. The number of ether oxygens (including phenoxy) is 1. The smallest absolute Gasteiger partial charge is 0.287 e. The van der Waals surface area contributed by atoms with Crippen molar-refractivity contribution in [1.29, 1.82) is 0 Å². The third-order valence-electron chi connectivity index (χ3n) is 2.06. The van der Waals surface area contributed by atoms with E-state index in [4.69, 9.17) is 9.15 Å². The summed E-state index contributed by atoms with van der Waals surface area (Å²) >= 11 is 0. The lowest BCUT2D eigenvalue weighted by Crippen LogP contribution is -2.37. The molecule has 90 valence electrons. The van der Waals surface area contributed by atoms with Gasteiger partial charge < -0.3 is 19.8 Å². The molecule has 0 fully saturated rings. The number of nitrogens with one attached hydrogen (secondary N) is 2. The summed E-state index contributed by atoms with van der Waals surface area (Å²) in [4.78, 5) is 11.4. The summed E-state index contributed by atoms with van der Waals surface area (Å²) in [6.07, 6.45) is 1.48. The maximum absolute atomic E-state index is 11.4. The van der Waals surface area contributed by atoms with Crippen molar-refractivity contribution in [3.05, 3.63) is 24.2 Å². The highest BCUT2D eigenvalue weighted by atomic mass is 16.5. The molecule has 0 aliphatic rings. The molecule has 0 saturated carbocycles. The topological polar surface area (TPSA) is 63.5 Å². The quantitative estimate of drug-likeness (QED) is 0.669. The van der Waals surface area contributed by atoms with E-state index in [1.54, 1.807) is 19.2 Å². The average Bonchev–Trinajstić information content (AvgIpc) is 2.78. The van der Waals surface area contributed by atoms with Gasteiger partial charge in [-0.05, 0) is 19.1 Å². The summed E-state index contributed by atoms with van der Waals surface area (Å²) in [6, 6.07) is 3.61. The van der Waals surface area contributed by atoms with E-state index in [1.165, 1.54) is 6.26 Å². The van der Waals surface area contributed by atoms with Crippen molar-refractivity contribution in [2.45, 2.75) is 13.0 Å². The fraction of sp³-hybridized carbons (Fsp3) is 0.545. The van der Waals surface area contributed by atoms with Crippen molar-refractivity contribution >= 4 is 5.91 Å². The van der Waals surface area contributed by atoms with E-state index < -0.39 is 0 Å². The van der Waals surface area contributed by atoms with Gasteiger partial charge in [0.2, 0.25) is 0 Å². The number of carbonyl (C=O) groups is 1. The first-order chi connectivity index (χ1) is 7.74. The summed E-state index contributed by atoms with van der Waals surface area (Å²) in [6.45, 7) is 3.95. The van der Waals surface area contributed by atoms with Crippen molar-refractivity contribution < 1.29 is 13.9 Å². The van der Waals surface area contributed by atoms with E-state index in [-0.39, 0.29) is 11.9 Å². The molecule has 1 atom stereocenters. The monoisotopic (exact) mass is 226 g/mol. The Morgan fingerprint density at radius 1 is 1.56 bits per heavy atom. The standard InChI is InChI=1S/C11H18N2O3/c1-9(8-15-2)12-5-6-13-11(14)10-4-3-7-16-10/h3-4,7,9,12H,5-6,8H2,1-2H3,(H,13,14). The summed E-state index contributed by atoms with van der Waals surface area (Å²) < 4.78 is 9.94. The number of hydrogen-bond donors (Lipinski definition) is 2. The molecule has 2 N–H and O–H groups in total. The van der Waals surface area contributed by atoms with Gasteiger partial charge in [-0.2, -0.15) is 0 Å². The summed E-state index contributed by atoms with van der Waals surface area (Å²) in [5.41, 5.74) is 0. The number of rotatable bonds is 7. The molecule has 0 aliphatic carbocycles. The second kappa shape index (κ2) is 7.03. The largest absolute Gasteiger partial charge is 0.459 e. The van der Waals surface area contributed by atoms with Crippen molar-refractivity contribution in [2.75, 3.05) is 26.8 Å². The molecule has 0 radical (unpaired) electrons. The molecule has 1 heterocycles. The Balaban J connectivity index is 2.09. The molecule has 16 heavy (non-hydrogen) atoms. The Morgan fingerprint density at radius 2 is 2.38 bits per heavy atom. The minimum absolute atomic E-state index is 0.189. The predicted octanol–water partition coefficient (Wildman–Crippen LogP) is 0.634. The highest BCUT2D eigenvalue weighted by molar-refractivity contribution is 5.91. The Hall–Kier alpha value is -1.33. The number of carbonyl (C=O) groups excluding carboxylic acids is 1. The van der Waals surface area contributed by atoms with Gasteiger partial charge in [0.15, 0.2) is 5.76 Å². The summed E-state index contributed by atoms with van der Waals surface area (Å²) in [5, 5.41) is 5.96. The molecule has 0 aromatic carbocycles. The van der Waals surface area contributed by atoms with Gasteiger partial charge in [0, 0.05) is 26.2 Å². The van der Waals surface area contributed by atoms with Crippen LogP contribution >= 0.6 is 0 Å². The molecule has 5 heteroatoms. The molecule has 5 nitrogen and oxygen atoms in total. The van der Waals surface area contributed by atoms with Gasteiger partial charge in [0.25, 0.3) is 5.91 Å². The van der Waals surface area contributed by atoms with Crippen LogP contribution in [0.25, 0.3) is 0 Å². The van der Waals surface area contributed by atoms with E-state index in [9.17, 15) is 4.79 Å². The van der Waals surface area contributed by atoms with Gasteiger partial charge in [-0.25, -0.2) is 0 Å². The molecule has 1 aromatic rings. The van der Waals surface area contributed by atoms with Crippen LogP contribution in [0.4, 0.5) is 0 Å². The van der Waals surface area contributed by atoms with Crippen LogP contribution in [0.2, 0.25) is 0 Å². The first-order valence-electron chi connectivity index (χ1n) is 5.28. The summed E-state index contributed by atoms with van der Waals surface area (Å²) in [5.74, 6) is 0.149. The molecule has 0 bridgehead atoms. The van der Waals surface area contributed by atoms with E-state index in [2.05, 4.69) is 10.6 Å². The van der Waals surface area contributed by atoms with Gasteiger partial charge in [0.1, 0.15) is 0 Å². The molecule has 1 unspecified atom stereocenters. The minimum Gasteiger partial charge on any atom is -0.459 e. The van der Waals surface area contributed by atoms with Gasteiger partial charge >= 0.3 is 0 Å². The molecule has 1 amide bonds. The fourth-order valence-electron chi connectivity index (χ4n) is 1.30. The zero-order chi connectivity index (χ0) is 11.8.